The van der Waals surface area contributed by atoms with Crippen LogP contribution in [0.3, 0.4) is 0 Å². The summed E-state index contributed by atoms with van der Waals surface area (Å²) in [6.07, 6.45) is 3.59. The van der Waals surface area contributed by atoms with Gasteiger partial charge in [-0.1, -0.05) is 12.1 Å². The molecule has 0 aliphatic carbocycles. The van der Waals surface area contributed by atoms with E-state index in [9.17, 15) is 13.2 Å². The highest BCUT2D eigenvalue weighted by molar-refractivity contribution is 7.89. The molecule has 92 valence electrons. The maximum Gasteiger partial charge on any atom is 0.257 e. The summed E-state index contributed by atoms with van der Waals surface area (Å²) < 4.78 is 28.3. The number of benzene rings is 1. The zero-order valence-corrected chi connectivity index (χ0v) is 10.3. The van der Waals surface area contributed by atoms with Crippen LogP contribution >= 0.6 is 0 Å². The van der Waals surface area contributed by atoms with Gasteiger partial charge in [0.15, 0.2) is 0 Å². The molecule has 0 spiro atoms. The van der Waals surface area contributed by atoms with E-state index >= 15 is 0 Å². The van der Waals surface area contributed by atoms with E-state index < -0.39 is 15.9 Å². The van der Waals surface area contributed by atoms with Crippen LogP contribution in [0, 0.1) is 0 Å². The molecule has 6 heteroatoms. The van der Waals surface area contributed by atoms with E-state index in [4.69, 9.17) is 4.74 Å². The fourth-order valence-electron chi connectivity index (χ4n) is 1.10. The van der Waals surface area contributed by atoms with Crippen molar-refractivity contribution in [3.63, 3.8) is 0 Å². The zero-order valence-electron chi connectivity index (χ0n) is 9.51. The monoisotopic (exact) mass is 255 g/mol. The minimum Gasteiger partial charge on any atom is -0.497 e. The summed E-state index contributed by atoms with van der Waals surface area (Å²) in [5, 5.41) is 0. The lowest BCUT2D eigenvalue weighted by Crippen LogP contribution is -2.27. The van der Waals surface area contributed by atoms with E-state index in [2.05, 4.69) is 0 Å². The van der Waals surface area contributed by atoms with Crippen LogP contribution in [0.25, 0.3) is 6.08 Å². The number of ether oxygens (including phenoxy) is 1. The summed E-state index contributed by atoms with van der Waals surface area (Å²) in [6.45, 7) is 0. The summed E-state index contributed by atoms with van der Waals surface area (Å²) in [5.41, 5.74) is 0.773. The van der Waals surface area contributed by atoms with Crippen molar-refractivity contribution in [2.75, 3.05) is 13.4 Å². The molecule has 5 nitrogen and oxygen atoms in total. The second kappa shape index (κ2) is 5.49. The van der Waals surface area contributed by atoms with E-state index in [1.807, 2.05) is 4.72 Å². The van der Waals surface area contributed by atoms with E-state index in [-0.39, 0.29) is 0 Å². The topological polar surface area (TPSA) is 72.5 Å². The molecular formula is C11H13NO4S. The van der Waals surface area contributed by atoms with Crippen LogP contribution in [0.15, 0.2) is 30.3 Å². The first-order chi connectivity index (χ1) is 7.90. The van der Waals surface area contributed by atoms with Gasteiger partial charge in [0.25, 0.3) is 5.91 Å². The fraction of sp³-hybridized carbons (Fsp3) is 0.182. The third-order valence-electron chi connectivity index (χ3n) is 1.83. The van der Waals surface area contributed by atoms with Gasteiger partial charge in [0, 0.05) is 6.08 Å². The number of rotatable bonds is 4. The number of sulfonamides is 1. The summed E-state index contributed by atoms with van der Waals surface area (Å²) in [4.78, 5) is 11.2. The van der Waals surface area contributed by atoms with Gasteiger partial charge in [0.05, 0.1) is 13.4 Å². The average Bonchev–Trinajstić information content (AvgIpc) is 2.25. The molecule has 0 aliphatic heterocycles. The van der Waals surface area contributed by atoms with E-state index in [0.717, 1.165) is 17.9 Å². The number of nitrogens with one attached hydrogen (secondary N) is 1. The molecule has 0 radical (unpaired) electrons. The molecule has 1 aromatic carbocycles. The maximum atomic E-state index is 11.2. The van der Waals surface area contributed by atoms with Gasteiger partial charge in [-0.3, -0.25) is 4.79 Å². The third kappa shape index (κ3) is 5.17. The van der Waals surface area contributed by atoms with Crippen LogP contribution in [0.1, 0.15) is 5.56 Å². The third-order valence-corrected chi connectivity index (χ3v) is 2.40. The first kappa shape index (κ1) is 13.2. The molecule has 0 saturated carbocycles. The maximum absolute atomic E-state index is 11.2. The van der Waals surface area contributed by atoms with Gasteiger partial charge >= 0.3 is 0 Å². The SMILES string of the molecule is COc1ccc(/C=C/C(=O)NS(C)(=O)=O)cc1. The number of carbonyl (C=O) groups is 1. The summed E-state index contributed by atoms with van der Waals surface area (Å²) in [7, 11) is -1.95. The molecule has 17 heavy (non-hydrogen) atoms. The molecule has 0 fully saturated rings. The predicted molar refractivity (Wildman–Crippen MR) is 65.0 cm³/mol. The number of methoxy groups -OCH3 is 1. The van der Waals surface area contributed by atoms with Gasteiger partial charge in [-0.25, -0.2) is 13.1 Å². The van der Waals surface area contributed by atoms with Crippen LogP contribution in [0.5, 0.6) is 5.75 Å². The molecule has 0 atom stereocenters. The van der Waals surface area contributed by atoms with Crippen molar-refractivity contribution in [2.45, 2.75) is 0 Å². The Morgan fingerprint density at radius 1 is 1.29 bits per heavy atom. The standard InChI is InChI=1S/C11H13NO4S/c1-16-10-6-3-9(4-7-10)5-8-11(13)12-17(2,14)15/h3-8H,1-2H3,(H,12,13)/b8-5+. The van der Waals surface area contributed by atoms with Crippen molar-refractivity contribution >= 4 is 22.0 Å². The number of amides is 1. The second-order valence-corrected chi connectivity index (χ2v) is 5.09. The van der Waals surface area contributed by atoms with E-state index in [0.29, 0.717) is 5.75 Å². The lowest BCUT2D eigenvalue weighted by atomic mass is 10.2. The Morgan fingerprint density at radius 3 is 2.35 bits per heavy atom. The van der Waals surface area contributed by atoms with Gasteiger partial charge in [0.2, 0.25) is 10.0 Å². The lowest BCUT2D eigenvalue weighted by Gasteiger charge is -1.99. The molecule has 0 heterocycles. The molecular weight excluding hydrogens is 242 g/mol. The van der Waals surface area contributed by atoms with Gasteiger partial charge in [-0.15, -0.1) is 0 Å². The quantitative estimate of drug-likeness (QED) is 0.807. The predicted octanol–water partition coefficient (Wildman–Crippen LogP) is 0.784. The molecule has 0 aliphatic rings. The minimum atomic E-state index is -3.51. The normalized spacial score (nSPS) is 11.4. The van der Waals surface area contributed by atoms with Crippen LogP contribution in [0.4, 0.5) is 0 Å². The Bertz CT molecular complexity index is 517. The highest BCUT2D eigenvalue weighted by atomic mass is 32.2. The Labute approximate surface area is 100 Å². The number of carbonyl (C=O) groups excluding carboxylic acids is 1. The van der Waals surface area contributed by atoms with Crippen LogP contribution < -0.4 is 9.46 Å². The summed E-state index contributed by atoms with van der Waals surface area (Å²) in [6, 6.07) is 6.99. The van der Waals surface area contributed by atoms with Crippen molar-refractivity contribution in [1.82, 2.24) is 4.72 Å². The van der Waals surface area contributed by atoms with Crippen molar-refractivity contribution < 1.29 is 17.9 Å². The van der Waals surface area contributed by atoms with Gasteiger partial charge in [0.1, 0.15) is 5.75 Å². The molecule has 1 amide bonds. The number of hydrogen-bond donors (Lipinski definition) is 1. The van der Waals surface area contributed by atoms with Crippen molar-refractivity contribution in [3.8, 4) is 5.75 Å². The molecule has 0 aromatic heterocycles. The highest BCUT2D eigenvalue weighted by Gasteiger charge is 2.03. The fourth-order valence-corrected chi connectivity index (χ4v) is 1.54. The first-order valence-electron chi connectivity index (χ1n) is 4.74. The smallest absolute Gasteiger partial charge is 0.257 e. The second-order valence-electron chi connectivity index (χ2n) is 3.34. The molecule has 1 aromatic rings. The molecule has 0 unspecified atom stereocenters. The first-order valence-corrected chi connectivity index (χ1v) is 6.64. The summed E-state index contributed by atoms with van der Waals surface area (Å²) in [5.74, 6) is 0.0334. The van der Waals surface area contributed by atoms with Crippen molar-refractivity contribution in [3.05, 3.63) is 35.9 Å². The summed E-state index contributed by atoms with van der Waals surface area (Å²) >= 11 is 0. The largest absolute Gasteiger partial charge is 0.497 e. The highest BCUT2D eigenvalue weighted by Crippen LogP contribution is 2.12. The average molecular weight is 255 g/mol. The van der Waals surface area contributed by atoms with Crippen LogP contribution in [-0.2, 0) is 14.8 Å². The Hall–Kier alpha value is -1.82. The van der Waals surface area contributed by atoms with Crippen LogP contribution in [-0.4, -0.2) is 27.7 Å². The molecule has 1 rings (SSSR count). The lowest BCUT2D eigenvalue weighted by molar-refractivity contribution is -0.114. The van der Waals surface area contributed by atoms with Gasteiger partial charge < -0.3 is 4.74 Å². The number of hydrogen-bond acceptors (Lipinski definition) is 4. The molecule has 1 N–H and O–H groups in total. The Balaban J connectivity index is 2.67. The van der Waals surface area contributed by atoms with E-state index in [1.165, 1.54) is 6.08 Å². The molecule has 0 bridgehead atoms. The van der Waals surface area contributed by atoms with Gasteiger partial charge in [-0.2, -0.15) is 0 Å². The molecule has 0 saturated heterocycles. The van der Waals surface area contributed by atoms with Crippen molar-refractivity contribution in [1.29, 1.82) is 0 Å². The van der Waals surface area contributed by atoms with E-state index in [1.54, 1.807) is 31.4 Å². The van der Waals surface area contributed by atoms with Crippen molar-refractivity contribution in [2.24, 2.45) is 0 Å². The Kier molecular flexibility index (Phi) is 4.28. The zero-order chi connectivity index (χ0) is 12.9. The van der Waals surface area contributed by atoms with Gasteiger partial charge in [-0.05, 0) is 23.8 Å². The Morgan fingerprint density at radius 2 is 1.88 bits per heavy atom. The van der Waals surface area contributed by atoms with Crippen LogP contribution in [0.2, 0.25) is 0 Å². The minimum absolute atomic E-state index is 0.677.